The van der Waals surface area contributed by atoms with Crippen LogP contribution in [0.5, 0.6) is 0 Å². The van der Waals surface area contributed by atoms with Crippen LogP contribution in [0.15, 0.2) is 108 Å². The Labute approximate surface area is 279 Å². The fourth-order valence-corrected chi connectivity index (χ4v) is 6.79. The van der Waals surface area contributed by atoms with E-state index in [0.717, 1.165) is 9.87 Å². The third-order valence-electron chi connectivity index (χ3n) is 7.06. The van der Waals surface area contributed by atoms with E-state index in [1.165, 1.54) is 29.2 Å². The Morgan fingerprint density at radius 3 is 2.02 bits per heavy atom. The Bertz CT molecular complexity index is 1720. The van der Waals surface area contributed by atoms with Gasteiger partial charge >= 0.3 is 0 Å². The fourth-order valence-electron chi connectivity index (χ4n) is 4.70. The SMILES string of the molecule is CC(C)CNC(=O)[C@H](Cc1ccccc1)N(Cc1ccccc1Cl)C(=O)CN(c1cccc(Cl)c1Cl)S(=O)(=O)c1ccccc1. The number of hydrogen-bond acceptors (Lipinski definition) is 4. The molecular weight excluding hydrogens is 653 g/mol. The lowest BCUT2D eigenvalue weighted by molar-refractivity contribution is -0.140. The Morgan fingerprint density at radius 1 is 0.778 bits per heavy atom. The van der Waals surface area contributed by atoms with Crippen molar-refractivity contribution in [2.75, 3.05) is 17.4 Å². The summed E-state index contributed by atoms with van der Waals surface area (Å²) in [5, 5.41) is 3.46. The van der Waals surface area contributed by atoms with Gasteiger partial charge in [0, 0.05) is 24.5 Å². The minimum absolute atomic E-state index is 0.0281. The van der Waals surface area contributed by atoms with Crippen LogP contribution in [0.4, 0.5) is 5.69 Å². The van der Waals surface area contributed by atoms with Crippen LogP contribution >= 0.6 is 34.8 Å². The van der Waals surface area contributed by atoms with Crippen LogP contribution in [0.1, 0.15) is 25.0 Å². The number of rotatable bonds is 13. The predicted octanol–water partition coefficient (Wildman–Crippen LogP) is 7.25. The summed E-state index contributed by atoms with van der Waals surface area (Å²) in [7, 11) is -4.31. The molecule has 0 heterocycles. The van der Waals surface area contributed by atoms with Crippen LogP contribution < -0.4 is 9.62 Å². The van der Waals surface area contributed by atoms with Gasteiger partial charge in [0.05, 0.1) is 20.6 Å². The van der Waals surface area contributed by atoms with Crippen LogP contribution in [-0.4, -0.2) is 44.3 Å². The first kappa shape index (κ1) is 34.3. The Kier molecular flexibility index (Phi) is 11.9. The second-order valence-electron chi connectivity index (χ2n) is 10.9. The van der Waals surface area contributed by atoms with Crippen LogP contribution in [0.3, 0.4) is 0 Å². The number of sulfonamides is 1. The molecule has 0 unspecified atom stereocenters. The summed E-state index contributed by atoms with van der Waals surface area (Å²) in [5.74, 6) is -0.840. The molecule has 0 fully saturated rings. The van der Waals surface area contributed by atoms with E-state index in [0.29, 0.717) is 17.1 Å². The maximum atomic E-state index is 14.5. The van der Waals surface area contributed by atoms with Gasteiger partial charge in [0.1, 0.15) is 12.6 Å². The molecule has 2 amide bonds. The number of amides is 2. The minimum Gasteiger partial charge on any atom is -0.354 e. The van der Waals surface area contributed by atoms with Gasteiger partial charge in [-0.1, -0.05) is 121 Å². The zero-order chi connectivity index (χ0) is 32.6. The van der Waals surface area contributed by atoms with Crippen molar-refractivity contribution in [3.63, 3.8) is 0 Å². The molecule has 0 aliphatic rings. The average Bonchev–Trinajstić information content (AvgIpc) is 3.03. The van der Waals surface area contributed by atoms with Crippen molar-refractivity contribution in [1.29, 1.82) is 0 Å². The molecule has 1 atom stereocenters. The standard InChI is InChI=1S/C34H34Cl3N3O4S/c1-24(2)21-38-34(42)31(20-25-12-5-3-6-13-25)39(22-26-14-9-10-17-28(26)35)32(41)23-40(30-19-11-18-29(36)33(30)37)45(43,44)27-15-7-4-8-16-27/h3-19,24,31H,20-23H2,1-2H3,(H,38,42)/t31-/m0/s1. The maximum Gasteiger partial charge on any atom is 0.264 e. The quantitative estimate of drug-likeness (QED) is 0.161. The summed E-state index contributed by atoms with van der Waals surface area (Å²) in [6.07, 6.45) is 0.185. The van der Waals surface area contributed by atoms with Crippen LogP contribution in [0, 0.1) is 5.92 Å². The van der Waals surface area contributed by atoms with Crippen molar-refractivity contribution in [3.8, 4) is 0 Å². The van der Waals surface area contributed by atoms with Crippen molar-refractivity contribution >= 4 is 62.3 Å². The molecule has 0 saturated carbocycles. The highest BCUT2D eigenvalue weighted by Crippen LogP contribution is 2.35. The van der Waals surface area contributed by atoms with E-state index in [1.807, 2.05) is 44.2 Å². The first-order valence-electron chi connectivity index (χ1n) is 14.3. The molecule has 0 bridgehead atoms. The molecule has 0 radical (unpaired) electrons. The predicted molar refractivity (Wildman–Crippen MR) is 181 cm³/mol. The molecule has 4 rings (SSSR count). The Hall–Kier alpha value is -3.56. The number of carbonyl (C=O) groups is 2. The molecule has 4 aromatic carbocycles. The summed E-state index contributed by atoms with van der Waals surface area (Å²) >= 11 is 19.4. The molecule has 0 saturated heterocycles. The van der Waals surface area contributed by atoms with Gasteiger partial charge in [-0.05, 0) is 47.4 Å². The lowest BCUT2D eigenvalue weighted by Crippen LogP contribution is -2.53. The smallest absolute Gasteiger partial charge is 0.264 e. The molecule has 0 aliphatic heterocycles. The molecular formula is C34H34Cl3N3O4S. The summed E-state index contributed by atoms with van der Waals surface area (Å²) in [5.41, 5.74) is 1.45. The van der Waals surface area contributed by atoms with E-state index in [4.69, 9.17) is 34.8 Å². The number of carbonyl (C=O) groups excluding carboxylic acids is 2. The highest BCUT2D eigenvalue weighted by atomic mass is 35.5. The topological polar surface area (TPSA) is 86.8 Å². The van der Waals surface area contributed by atoms with E-state index < -0.39 is 28.5 Å². The van der Waals surface area contributed by atoms with Crippen LogP contribution in [-0.2, 0) is 32.6 Å². The minimum atomic E-state index is -4.31. The summed E-state index contributed by atoms with van der Waals surface area (Å²) in [4.78, 5) is 29.7. The van der Waals surface area contributed by atoms with Crippen molar-refractivity contribution < 1.29 is 18.0 Å². The molecule has 7 nitrogen and oxygen atoms in total. The number of nitrogens with one attached hydrogen (secondary N) is 1. The molecule has 4 aromatic rings. The zero-order valence-corrected chi connectivity index (χ0v) is 28.0. The second-order valence-corrected chi connectivity index (χ2v) is 13.9. The van der Waals surface area contributed by atoms with Gasteiger partial charge in [0.15, 0.2) is 0 Å². The largest absolute Gasteiger partial charge is 0.354 e. The van der Waals surface area contributed by atoms with Gasteiger partial charge in [-0.25, -0.2) is 8.42 Å². The third kappa shape index (κ3) is 8.79. The molecule has 11 heteroatoms. The maximum absolute atomic E-state index is 14.5. The van der Waals surface area contributed by atoms with Crippen LogP contribution in [0.25, 0.3) is 0 Å². The lowest BCUT2D eigenvalue weighted by atomic mass is 10.0. The summed E-state index contributed by atoms with van der Waals surface area (Å²) in [6.45, 7) is 3.63. The van der Waals surface area contributed by atoms with Crippen LogP contribution in [0.2, 0.25) is 15.1 Å². The molecule has 1 N–H and O–H groups in total. The van der Waals surface area contributed by atoms with Crippen molar-refractivity contribution in [2.45, 2.75) is 37.8 Å². The second kappa shape index (κ2) is 15.6. The van der Waals surface area contributed by atoms with E-state index in [9.17, 15) is 18.0 Å². The first-order valence-corrected chi connectivity index (χ1v) is 16.9. The lowest BCUT2D eigenvalue weighted by Gasteiger charge is -2.34. The highest BCUT2D eigenvalue weighted by molar-refractivity contribution is 7.92. The van der Waals surface area contributed by atoms with Gasteiger partial charge in [-0.2, -0.15) is 0 Å². The number of hydrogen-bond donors (Lipinski definition) is 1. The van der Waals surface area contributed by atoms with Crippen molar-refractivity contribution in [3.05, 3.63) is 129 Å². The normalized spacial score (nSPS) is 12.0. The average molecular weight is 687 g/mol. The van der Waals surface area contributed by atoms with Gasteiger partial charge < -0.3 is 10.2 Å². The van der Waals surface area contributed by atoms with Gasteiger partial charge in [0.25, 0.3) is 10.0 Å². The van der Waals surface area contributed by atoms with E-state index in [-0.39, 0.29) is 45.4 Å². The molecule has 236 valence electrons. The summed E-state index contributed by atoms with van der Waals surface area (Å²) < 4.78 is 29.1. The Balaban J connectivity index is 1.83. The number of halogens is 3. The molecule has 45 heavy (non-hydrogen) atoms. The molecule has 0 aliphatic carbocycles. The molecule has 0 aromatic heterocycles. The van der Waals surface area contributed by atoms with E-state index in [1.54, 1.807) is 48.5 Å². The fraction of sp³-hybridized carbons (Fsp3) is 0.235. The van der Waals surface area contributed by atoms with E-state index in [2.05, 4.69) is 5.32 Å². The monoisotopic (exact) mass is 685 g/mol. The summed E-state index contributed by atoms with van der Waals surface area (Å²) in [6, 6.07) is 27.6. The van der Waals surface area contributed by atoms with Crippen molar-refractivity contribution in [1.82, 2.24) is 10.2 Å². The Morgan fingerprint density at radius 2 is 1.38 bits per heavy atom. The van der Waals surface area contributed by atoms with E-state index >= 15 is 0 Å². The van der Waals surface area contributed by atoms with Crippen molar-refractivity contribution in [2.24, 2.45) is 5.92 Å². The third-order valence-corrected chi connectivity index (χ3v) is 10.0. The van der Waals surface area contributed by atoms with Gasteiger partial charge in [-0.3, -0.25) is 13.9 Å². The van der Waals surface area contributed by atoms with Gasteiger partial charge in [-0.15, -0.1) is 0 Å². The first-order chi connectivity index (χ1) is 21.5. The van der Waals surface area contributed by atoms with Gasteiger partial charge in [0.2, 0.25) is 11.8 Å². The molecule has 0 spiro atoms. The highest BCUT2D eigenvalue weighted by Gasteiger charge is 2.35. The number of benzene rings is 4. The number of anilines is 1. The zero-order valence-electron chi connectivity index (χ0n) is 24.9. The number of nitrogens with zero attached hydrogens (tertiary/aromatic N) is 2.